The van der Waals surface area contributed by atoms with Crippen LogP contribution in [0.25, 0.3) is 0 Å². The van der Waals surface area contributed by atoms with Gasteiger partial charge < -0.3 is 23.7 Å². The number of carbonyl (C=O) groups is 1. The first-order valence-electron chi connectivity index (χ1n) is 10.6. The number of nitrogens with one attached hydrogen (secondary N) is 1. The molecule has 0 radical (unpaired) electrons. The molecule has 1 saturated heterocycles. The molecule has 188 valence electrons. The van der Waals surface area contributed by atoms with E-state index in [1.165, 1.54) is 16.2 Å². The topological polar surface area (TPSA) is 127 Å². The van der Waals surface area contributed by atoms with Gasteiger partial charge in [-0.2, -0.15) is 8.42 Å². The quantitative estimate of drug-likeness (QED) is 0.437. The highest BCUT2D eigenvalue weighted by Gasteiger charge is 2.28. The van der Waals surface area contributed by atoms with Crippen LogP contribution in [0.4, 0.5) is 4.79 Å². The maximum Gasteiger partial charge on any atom is 0.407 e. The largest absolute Gasteiger partial charge is 0.465 e. The molecule has 0 aliphatic carbocycles. The second-order valence-electron chi connectivity index (χ2n) is 7.70. The van der Waals surface area contributed by atoms with Crippen molar-refractivity contribution in [2.75, 3.05) is 32.6 Å². The Bertz CT molecular complexity index is 1070. The van der Waals surface area contributed by atoms with Gasteiger partial charge in [0.2, 0.25) is 6.29 Å². The average molecular weight is 532 g/mol. The van der Waals surface area contributed by atoms with Crippen molar-refractivity contribution >= 4 is 39.5 Å². The molecule has 34 heavy (non-hydrogen) atoms. The molecule has 1 aromatic heterocycles. The summed E-state index contributed by atoms with van der Waals surface area (Å²) in [5.74, 6) is 0.459. The van der Waals surface area contributed by atoms with Crippen LogP contribution in [-0.4, -0.2) is 62.2 Å². The van der Waals surface area contributed by atoms with Crippen LogP contribution in [0.5, 0.6) is 5.75 Å². The smallest absolute Gasteiger partial charge is 0.407 e. The van der Waals surface area contributed by atoms with Crippen molar-refractivity contribution in [3.05, 3.63) is 45.4 Å². The number of fused-ring (bicyclic) bond motifs is 1. The van der Waals surface area contributed by atoms with Crippen LogP contribution in [0.2, 0.25) is 0 Å². The minimum absolute atomic E-state index is 0.134. The number of aromatic nitrogens is 1. The molecular formula is C21H29N3O7S3. The van der Waals surface area contributed by atoms with E-state index in [4.69, 9.17) is 18.8 Å². The maximum atomic E-state index is 11.5. The van der Waals surface area contributed by atoms with Crippen LogP contribution in [0, 0.1) is 0 Å². The monoisotopic (exact) mass is 531 g/mol. The van der Waals surface area contributed by atoms with E-state index < -0.39 is 22.5 Å². The number of hydrogen-bond donors (Lipinski definition) is 2. The van der Waals surface area contributed by atoms with E-state index in [9.17, 15) is 13.2 Å². The lowest BCUT2D eigenvalue weighted by Crippen LogP contribution is -2.36. The van der Waals surface area contributed by atoms with Crippen LogP contribution in [0.3, 0.4) is 0 Å². The highest BCUT2D eigenvalue weighted by Crippen LogP contribution is 2.35. The third kappa shape index (κ3) is 7.30. The molecule has 1 fully saturated rings. The van der Waals surface area contributed by atoms with Gasteiger partial charge >= 0.3 is 16.2 Å². The van der Waals surface area contributed by atoms with Gasteiger partial charge in [0, 0.05) is 30.0 Å². The second-order valence-corrected chi connectivity index (χ2v) is 11.0. The summed E-state index contributed by atoms with van der Waals surface area (Å²) in [5.41, 5.74) is 2.10. The summed E-state index contributed by atoms with van der Waals surface area (Å²) in [5, 5.41) is 11.9. The molecule has 2 aliphatic rings. The predicted molar refractivity (Wildman–Crippen MR) is 130 cm³/mol. The second kappa shape index (κ2) is 12.2. The molecule has 2 aromatic rings. The SMILES string of the molecule is CNSC.CS(=O)(=O)Oc1cccc2c1COC(c1csc(C3CCN(C(=O)O)CC3)n1)OC2. The number of likely N-dealkylation sites (tertiary alicyclic amines) is 1. The zero-order valence-corrected chi connectivity index (χ0v) is 21.7. The Kier molecular flexibility index (Phi) is 9.56. The number of piperidine rings is 1. The lowest BCUT2D eigenvalue weighted by Gasteiger charge is -2.28. The van der Waals surface area contributed by atoms with Crippen molar-refractivity contribution in [1.29, 1.82) is 0 Å². The standard InChI is InChI=1S/C19H22N2O7S2.C2H7NS/c1-30(24,25)28-16-4-2-3-13-9-26-18(27-10-14(13)16)15-11-29-17(20-15)12-5-7-21(8-6-12)19(22)23;1-3-4-2/h2-4,11-12,18H,5-10H2,1H3,(H,22,23);3H,1-2H3. The summed E-state index contributed by atoms with van der Waals surface area (Å²) in [6, 6.07) is 5.15. The van der Waals surface area contributed by atoms with Crippen molar-refractivity contribution in [1.82, 2.24) is 14.6 Å². The van der Waals surface area contributed by atoms with Crippen molar-refractivity contribution in [2.24, 2.45) is 0 Å². The Balaban J connectivity index is 0.000000751. The van der Waals surface area contributed by atoms with Crippen LogP contribution in [0.15, 0.2) is 23.6 Å². The summed E-state index contributed by atoms with van der Waals surface area (Å²) >= 11 is 3.13. The maximum absolute atomic E-state index is 11.5. The third-order valence-corrected chi connectivity index (χ3v) is 7.26. The Morgan fingerprint density at radius 3 is 2.59 bits per heavy atom. The van der Waals surface area contributed by atoms with E-state index in [0.717, 1.165) is 29.7 Å². The van der Waals surface area contributed by atoms with Gasteiger partial charge in [-0.1, -0.05) is 24.1 Å². The molecule has 3 heterocycles. The van der Waals surface area contributed by atoms with Gasteiger partial charge in [-0.3, -0.25) is 4.72 Å². The molecule has 13 heteroatoms. The van der Waals surface area contributed by atoms with Crippen molar-refractivity contribution in [2.45, 2.75) is 38.3 Å². The zero-order chi connectivity index (χ0) is 24.7. The van der Waals surface area contributed by atoms with Gasteiger partial charge in [0.15, 0.2) is 0 Å². The number of nitrogens with zero attached hydrogens (tertiary/aromatic N) is 2. The van der Waals surface area contributed by atoms with Gasteiger partial charge in [-0.05, 0) is 37.8 Å². The lowest BCUT2D eigenvalue weighted by atomic mass is 9.98. The van der Waals surface area contributed by atoms with Crippen LogP contribution < -0.4 is 8.91 Å². The fourth-order valence-electron chi connectivity index (χ4n) is 3.61. The summed E-state index contributed by atoms with van der Waals surface area (Å²) in [7, 11) is -1.76. The summed E-state index contributed by atoms with van der Waals surface area (Å²) in [4.78, 5) is 17.2. The zero-order valence-electron chi connectivity index (χ0n) is 19.2. The molecular weight excluding hydrogens is 502 g/mol. The first kappa shape index (κ1) is 26.7. The first-order valence-corrected chi connectivity index (χ1v) is 14.5. The Labute approximate surface area is 207 Å². The van der Waals surface area contributed by atoms with Crippen molar-refractivity contribution in [3.8, 4) is 5.75 Å². The fourth-order valence-corrected chi connectivity index (χ4v) is 5.08. The Hall–Kier alpha value is -1.90. The molecule has 4 rings (SSSR count). The summed E-state index contributed by atoms with van der Waals surface area (Å²) in [6.07, 6.45) is 2.91. The molecule has 0 spiro atoms. The van der Waals surface area contributed by atoms with Gasteiger partial charge in [0.05, 0.1) is 24.5 Å². The number of thiazole rings is 1. The lowest BCUT2D eigenvalue weighted by molar-refractivity contribution is -0.155. The summed E-state index contributed by atoms with van der Waals surface area (Å²) in [6.45, 7) is 1.38. The number of benzene rings is 1. The molecule has 10 nitrogen and oxygen atoms in total. The van der Waals surface area contributed by atoms with Crippen LogP contribution in [0.1, 0.15) is 46.9 Å². The minimum Gasteiger partial charge on any atom is -0.465 e. The van der Waals surface area contributed by atoms with E-state index in [0.29, 0.717) is 24.3 Å². The van der Waals surface area contributed by atoms with Crippen molar-refractivity contribution < 1.29 is 32.0 Å². The molecule has 2 aliphatic heterocycles. The molecule has 0 saturated carbocycles. The highest BCUT2D eigenvalue weighted by molar-refractivity contribution is 7.96. The summed E-state index contributed by atoms with van der Waals surface area (Å²) < 4.78 is 42.8. The van der Waals surface area contributed by atoms with Crippen LogP contribution in [-0.2, 0) is 32.8 Å². The van der Waals surface area contributed by atoms with E-state index in [1.54, 1.807) is 24.1 Å². The fraction of sp³-hybridized carbons (Fsp3) is 0.524. The van der Waals surface area contributed by atoms with Gasteiger partial charge in [0.1, 0.15) is 11.4 Å². The molecule has 1 unspecified atom stereocenters. The molecule has 1 amide bonds. The van der Waals surface area contributed by atoms with Gasteiger partial charge in [-0.25, -0.2) is 9.78 Å². The normalized spacial score (nSPS) is 18.9. The van der Waals surface area contributed by atoms with Gasteiger partial charge in [0.25, 0.3) is 0 Å². The van der Waals surface area contributed by atoms with Crippen LogP contribution >= 0.6 is 23.3 Å². The number of rotatable bonds is 5. The minimum atomic E-state index is -3.65. The first-order chi connectivity index (χ1) is 16.2. The van der Waals surface area contributed by atoms with Crippen molar-refractivity contribution in [3.63, 3.8) is 0 Å². The highest BCUT2D eigenvalue weighted by atomic mass is 32.2. The van der Waals surface area contributed by atoms with E-state index in [-0.39, 0.29) is 24.9 Å². The van der Waals surface area contributed by atoms with E-state index in [2.05, 4.69) is 9.71 Å². The predicted octanol–water partition coefficient (Wildman–Crippen LogP) is 3.57. The number of carboxylic acid groups (broad SMARTS) is 1. The van der Waals surface area contributed by atoms with E-state index >= 15 is 0 Å². The molecule has 1 aromatic carbocycles. The molecule has 0 bridgehead atoms. The Morgan fingerprint density at radius 2 is 1.97 bits per heavy atom. The average Bonchev–Trinajstić information content (AvgIpc) is 3.19. The number of hydrogen-bond acceptors (Lipinski definition) is 10. The number of ether oxygens (including phenoxy) is 2. The van der Waals surface area contributed by atoms with Gasteiger partial charge in [-0.15, -0.1) is 11.3 Å². The molecule has 2 N–H and O–H groups in total. The Morgan fingerprint density at radius 1 is 1.29 bits per heavy atom. The third-order valence-electron chi connectivity index (χ3n) is 5.34. The number of amides is 1. The molecule has 1 atom stereocenters. The van der Waals surface area contributed by atoms with E-state index in [1.807, 2.05) is 24.7 Å².